The molecule has 138 valence electrons. The lowest BCUT2D eigenvalue weighted by molar-refractivity contribution is -0.120. The fourth-order valence-corrected chi connectivity index (χ4v) is 3.58. The number of nitrogens with zero attached hydrogens (tertiary/aromatic N) is 1. The van der Waals surface area contributed by atoms with Crippen molar-refractivity contribution in [2.75, 3.05) is 20.2 Å². The summed E-state index contributed by atoms with van der Waals surface area (Å²) in [4.78, 5) is 14.8. The van der Waals surface area contributed by atoms with E-state index in [-0.39, 0.29) is 5.91 Å². The Morgan fingerprint density at radius 3 is 2.58 bits per heavy atom. The van der Waals surface area contributed by atoms with Gasteiger partial charge in [-0.1, -0.05) is 43.3 Å². The molecule has 1 amide bonds. The van der Waals surface area contributed by atoms with Crippen LogP contribution < -0.4 is 10.1 Å². The molecule has 1 aliphatic heterocycles. The summed E-state index contributed by atoms with van der Waals surface area (Å²) in [7, 11) is 1.64. The number of carbonyl (C=O) groups is 1. The molecule has 3 rings (SSSR count). The molecule has 26 heavy (non-hydrogen) atoms. The van der Waals surface area contributed by atoms with Gasteiger partial charge in [0.2, 0.25) is 5.91 Å². The first-order valence-corrected chi connectivity index (χ1v) is 9.40. The van der Waals surface area contributed by atoms with Gasteiger partial charge in [-0.15, -0.1) is 0 Å². The highest BCUT2D eigenvalue weighted by molar-refractivity contribution is 5.78. The topological polar surface area (TPSA) is 41.6 Å². The summed E-state index contributed by atoms with van der Waals surface area (Å²) < 4.78 is 5.15. The Morgan fingerprint density at radius 1 is 1.15 bits per heavy atom. The number of rotatable bonds is 7. The zero-order chi connectivity index (χ0) is 18.4. The lowest BCUT2D eigenvalue weighted by Gasteiger charge is -2.35. The Kier molecular flexibility index (Phi) is 6.29. The van der Waals surface area contributed by atoms with Gasteiger partial charge in [-0.3, -0.25) is 9.69 Å². The zero-order valence-electron chi connectivity index (χ0n) is 15.7. The van der Waals surface area contributed by atoms with Crippen LogP contribution in [0.2, 0.25) is 0 Å². The van der Waals surface area contributed by atoms with Crippen LogP contribution in [-0.2, 0) is 24.2 Å². The number of hydrogen-bond acceptors (Lipinski definition) is 3. The molecule has 0 fully saturated rings. The fourth-order valence-electron chi connectivity index (χ4n) is 3.58. The van der Waals surface area contributed by atoms with Crippen molar-refractivity contribution in [2.45, 2.75) is 38.8 Å². The molecule has 4 nitrogen and oxygen atoms in total. The SMILES string of the molecule is CC[C@H](CNC(=O)Cc1ccc(OC)cc1)N1CCc2ccccc2C1. The van der Waals surface area contributed by atoms with E-state index in [0.29, 0.717) is 19.0 Å². The van der Waals surface area contributed by atoms with Gasteiger partial charge in [0.15, 0.2) is 0 Å². The third-order valence-corrected chi connectivity index (χ3v) is 5.21. The summed E-state index contributed by atoms with van der Waals surface area (Å²) in [5.74, 6) is 0.886. The number of benzene rings is 2. The molecule has 0 bridgehead atoms. The second kappa shape index (κ2) is 8.86. The van der Waals surface area contributed by atoms with Gasteiger partial charge in [-0.25, -0.2) is 0 Å². The molecule has 2 aromatic carbocycles. The van der Waals surface area contributed by atoms with Gasteiger partial charge in [-0.05, 0) is 41.7 Å². The first kappa shape index (κ1) is 18.5. The van der Waals surface area contributed by atoms with Crippen molar-refractivity contribution >= 4 is 5.91 Å². The molecular formula is C22H28N2O2. The number of amides is 1. The second-order valence-electron chi connectivity index (χ2n) is 6.88. The number of hydrogen-bond donors (Lipinski definition) is 1. The molecule has 0 aliphatic carbocycles. The summed E-state index contributed by atoms with van der Waals surface area (Å²) in [5, 5.41) is 3.12. The van der Waals surface area contributed by atoms with Crippen LogP contribution in [0, 0.1) is 0 Å². The smallest absolute Gasteiger partial charge is 0.224 e. The van der Waals surface area contributed by atoms with Gasteiger partial charge < -0.3 is 10.1 Å². The van der Waals surface area contributed by atoms with Crippen LogP contribution in [-0.4, -0.2) is 37.0 Å². The highest BCUT2D eigenvalue weighted by Gasteiger charge is 2.22. The quantitative estimate of drug-likeness (QED) is 0.832. The van der Waals surface area contributed by atoms with Gasteiger partial charge in [0.25, 0.3) is 0 Å². The summed E-state index contributed by atoms with van der Waals surface area (Å²) in [6.45, 7) is 4.93. The van der Waals surface area contributed by atoms with E-state index < -0.39 is 0 Å². The van der Waals surface area contributed by atoms with Crippen LogP contribution in [0.3, 0.4) is 0 Å². The molecule has 0 aromatic heterocycles. The maximum absolute atomic E-state index is 12.3. The van der Waals surface area contributed by atoms with Crippen molar-refractivity contribution in [3.8, 4) is 5.75 Å². The van der Waals surface area contributed by atoms with Crippen molar-refractivity contribution in [3.63, 3.8) is 0 Å². The molecule has 0 unspecified atom stereocenters. The van der Waals surface area contributed by atoms with Crippen molar-refractivity contribution in [1.82, 2.24) is 10.2 Å². The predicted octanol–water partition coefficient (Wildman–Crippen LogP) is 3.19. The number of fused-ring (bicyclic) bond motifs is 1. The molecule has 0 radical (unpaired) electrons. The highest BCUT2D eigenvalue weighted by Crippen LogP contribution is 2.21. The number of methoxy groups -OCH3 is 1. The molecule has 2 aromatic rings. The van der Waals surface area contributed by atoms with E-state index in [1.165, 1.54) is 11.1 Å². The Hall–Kier alpha value is -2.33. The second-order valence-corrected chi connectivity index (χ2v) is 6.88. The maximum Gasteiger partial charge on any atom is 0.224 e. The molecule has 1 N–H and O–H groups in total. The predicted molar refractivity (Wildman–Crippen MR) is 104 cm³/mol. The minimum absolute atomic E-state index is 0.0750. The largest absolute Gasteiger partial charge is 0.497 e. The molecule has 4 heteroatoms. The zero-order valence-corrected chi connectivity index (χ0v) is 15.7. The number of carbonyl (C=O) groups excluding carboxylic acids is 1. The molecule has 1 aliphatic rings. The van der Waals surface area contributed by atoms with E-state index in [4.69, 9.17) is 4.74 Å². The third-order valence-electron chi connectivity index (χ3n) is 5.21. The molecule has 1 heterocycles. The van der Waals surface area contributed by atoms with E-state index in [1.54, 1.807) is 7.11 Å². The Morgan fingerprint density at radius 2 is 1.88 bits per heavy atom. The van der Waals surface area contributed by atoms with Crippen LogP contribution >= 0.6 is 0 Å². The Bertz CT molecular complexity index is 727. The van der Waals surface area contributed by atoms with Crippen molar-refractivity contribution in [1.29, 1.82) is 0 Å². The molecular weight excluding hydrogens is 324 g/mol. The van der Waals surface area contributed by atoms with E-state index in [9.17, 15) is 4.79 Å². The fraction of sp³-hybridized carbons (Fsp3) is 0.409. The normalized spacial score (nSPS) is 15.2. The van der Waals surface area contributed by atoms with Crippen molar-refractivity contribution < 1.29 is 9.53 Å². The lowest BCUT2D eigenvalue weighted by Crippen LogP contribution is -2.46. The molecule has 0 spiro atoms. The maximum atomic E-state index is 12.3. The summed E-state index contributed by atoms with van der Waals surface area (Å²) >= 11 is 0. The standard InChI is InChI=1S/C22H28N2O2/c1-3-20(24-13-12-18-6-4-5-7-19(18)16-24)15-23-22(25)14-17-8-10-21(26-2)11-9-17/h4-11,20H,3,12-16H2,1-2H3,(H,23,25)/t20-/m1/s1. The Labute approximate surface area is 156 Å². The monoisotopic (exact) mass is 352 g/mol. The van der Waals surface area contributed by atoms with Crippen molar-refractivity contribution in [3.05, 3.63) is 65.2 Å². The molecule has 0 saturated carbocycles. The van der Waals surface area contributed by atoms with E-state index in [2.05, 4.69) is 41.4 Å². The average Bonchev–Trinajstić information content (AvgIpc) is 2.69. The summed E-state index contributed by atoms with van der Waals surface area (Å²) in [6, 6.07) is 16.7. The van der Waals surface area contributed by atoms with Gasteiger partial charge >= 0.3 is 0 Å². The van der Waals surface area contributed by atoms with Gasteiger partial charge in [0.05, 0.1) is 13.5 Å². The number of ether oxygens (including phenoxy) is 1. The van der Waals surface area contributed by atoms with Crippen LogP contribution in [0.5, 0.6) is 5.75 Å². The van der Waals surface area contributed by atoms with Gasteiger partial charge in [0.1, 0.15) is 5.75 Å². The molecule has 0 saturated heterocycles. The first-order valence-electron chi connectivity index (χ1n) is 9.40. The lowest BCUT2D eigenvalue weighted by atomic mass is 9.98. The van der Waals surface area contributed by atoms with E-state index in [1.807, 2.05) is 24.3 Å². The van der Waals surface area contributed by atoms with E-state index in [0.717, 1.165) is 37.2 Å². The van der Waals surface area contributed by atoms with Gasteiger partial charge in [0, 0.05) is 25.7 Å². The van der Waals surface area contributed by atoms with E-state index >= 15 is 0 Å². The first-order chi connectivity index (χ1) is 12.7. The number of nitrogens with one attached hydrogen (secondary N) is 1. The minimum atomic E-state index is 0.0750. The van der Waals surface area contributed by atoms with Crippen LogP contribution in [0.15, 0.2) is 48.5 Å². The van der Waals surface area contributed by atoms with Crippen LogP contribution in [0.1, 0.15) is 30.0 Å². The highest BCUT2D eigenvalue weighted by atomic mass is 16.5. The van der Waals surface area contributed by atoms with Crippen LogP contribution in [0.25, 0.3) is 0 Å². The Balaban J connectivity index is 1.51. The third kappa shape index (κ3) is 4.64. The minimum Gasteiger partial charge on any atom is -0.497 e. The molecule has 1 atom stereocenters. The van der Waals surface area contributed by atoms with Crippen molar-refractivity contribution in [2.24, 2.45) is 0 Å². The summed E-state index contributed by atoms with van der Waals surface area (Å²) in [5.41, 5.74) is 3.88. The van der Waals surface area contributed by atoms with Gasteiger partial charge in [-0.2, -0.15) is 0 Å². The van der Waals surface area contributed by atoms with Crippen LogP contribution in [0.4, 0.5) is 0 Å². The average molecular weight is 352 g/mol. The summed E-state index contributed by atoms with van der Waals surface area (Å²) in [6.07, 6.45) is 2.53.